The second-order valence-corrected chi connectivity index (χ2v) is 7.91. The van der Waals surface area contributed by atoms with Crippen LogP contribution in [0, 0.1) is 0 Å². The van der Waals surface area contributed by atoms with Gasteiger partial charge >= 0.3 is 0 Å². The summed E-state index contributed by atoms with van der Waals surface area (Å²) >= 11 is 6.32. The van der Waals surface area contributed by atoms with Crippen molar-refractivity contribution in [1.29, 1.82) is 0 Å². The van der Waals surface area contributed by atoms with Gasteiger partial charge in [0.25, 0.3) is 0 Å². The highest BCUT2D eigenvalue weighted by Gasteiger charge is 2.33. The number of fused-ring (bicyclic) bond motifs is 3. The summed E-state index contributed by atoms with van der Waals surface area (Å²) < 4.78 is 11.9. The maximum absolute atomic E-state index is 12.8. The van der Waals surface area contributed by atoms with Gasteiger partial charge in [-0.2, -0.15) is 0 Å². The van der Waals surface area contributed by atoms with Gasteiger partial charge in [0, 0.05) is 18.1 Å². The molecule has 0 aliphatic carbocycles. The predicted octanol–water partition coefficient (Wildman–Crippen LogP) is 5.86. The lowest BCUT2D eigenvalue weighted by Gasteiger charge is -2.30. The normalized spacial score (nSPS) is 16.8. The summed E-state index contributed by atoms with van der Waals surface area (Å²) in [5, 5.41) is 0.730. The Morgan fingerprint density at radius 1 is 1.00 bits per heavy atom. The molecule has 0 atom stereocenters. The Hall–Kier alpha value is -3.34. The van der Waals surface area contributed by atoms with Gasteiger partial charge in [0.1, 0.15) is 18.2 Å². The van der Waals surface area contributed by atoms with Crippen LogP contribution in [0.1, 0.15) is 27.0 Å². The van der Waals surface area contributed by atoms with Crippen LogP contribution < -0.4 is 9.47 Å². The highest BCUT2D eigenvalue weighted by atomic mass is 35.5. The van der Waals surface area contributed by atoms with Crippen LogP contribution in [0.25, 0.3) is 6.08 Å². The minimum absolute atomic E-state index is 0.112. The number of nitrogens with zero attached hydrogens (tertiary/aromatic N) is 1. The Kier molecular flexibility index (Phi) is 5.33. The third-order valence-electron chi connectivity index (χ3n) is 5.37. The van der Waals surface area contributed by atoms with Crippen molar-refractivity contribution in [3.63, 3.8) is 0 Å². The minimum Gasteiger partial charge on any atom is -0.478 e. The second-order valence-electron chi connectivity index (χ2n) is 7.50. The SMILES string of the molecule is O=C1/C(=C/C=C/c2ccccc2)Oc2c1ccc1c2CN(Cc2ccccc2Cl)CO1. The molecule has 5 rings (SSSR count). The molecule has 0 N–H and O–H groups in total. The number of hydrogen-bond donors (Lipinski definition) is 0. The standard InChI is InChI=1S/C26H20ClNO3/c27-22-11-5-4-10-19(22)15-28-16-21-23(30-17-28)14-13-20-25(29)24(31-26(20)21)12-6-9-18-7-2-1-3-8-18/h1-14H,15-17H2/b9-6+,24-12-. The van der Waals surface area contributed by atoms with Crippen molar-refractivity contribution in [1.82, 2.24) is 4.90 Å². The molecule has 31 heavy (non-hydrogen) atoms. The average Bonchev–Trinajstić information content (AvgIpc) is 3.12. The second kappa shape index (κ2) is 8.42. The first-order valence-corrected chi connectivity index (χ1v) is 10.5. The Morgan fingerprint density at radius 3 is 2.65 bits per heavy atom. The van der Waals surface area contributed by atoms with Gasteiger partial charge in [-0.15, -0.1) is 0 Å². The fraction of sp³-hybridized carbons (Fsp3) is 0.115. The molecule has 0 saturated carbocycles. The van der Waals surface area contributed by atoms with Crippen LogP contribution >= 0.6 is 11.6 Å². The number of Topliss-reactive ketones (excluding diaryl/α,β-unsaturated/α-hetero) is 1. The Morgan fingerprint density at radius 2 is 1.81 bits per heavy atom. The molecule has 2 aliphatic rings. The third kappa shape index (κ3) is 4.00. The number of halogens is 1. The maximum Gasteiger partial charge on any atom is 0.231 e. The number of rotatable bonds is 4. The van der Waals surface area contributed by atoms with E-state index in [-0.39, 0.29) is 5.78 Å². The summed E-state index contributed by atoms with van der Waals surface area (Å²) in [7, 11) is 0. The van der Waals surface area contributed by atoms with Gasteiger partial charge in [-0.1, -0.05) is 72.3 Å². The topological polar surface area (TPSA) is 38.8 Å². The zero-order valence-electron chi connectivity index (χ0n) is 16.8. The van der Waals surface area contributed by atoms with Crippen LogP contribution in [0.2, 0.25) is 5.02 Å². The highest BCUT2D eigenvalue weighted by molar-refractivity contribution is 6.31. The molecule has 0 aromatic heterocycles. The van der Waals surface area contributed by atoms with Gasteiger partial charge < -0.3 is 9.47 Å². The molecule has 3 aromatic carbocycles. The van der Waals surface area contributed by atoms with Crippen molar-refractivity contribution >= 4 is 23.5 Å². The van der Waals surface area contributed by atoms with E-state index in [4.69, 9.17) is 21.1 Å². The van der Waals surface area contributed by atoms with E-state index >= 15 is 0 Å². The molecular formula is C26H20ClNO3. The van der Waals surface area contributed by atoms with E-state index in [1.54, 1.807) is 12.1 Å². The first-order valence-electron chi connectivity index (χ1n) is 10.1. The number of carbonyl (C=O) groups is 1. The Labute approximate surface area is 186 Å². The lowest BCUT2D eigenvalue weighted by atomic mass is 10.0. The van der Waals surface area contributed by atoms with E-state index in [9.17, 15) is 4.79 Å². The van der Waals surface area contributed by atoms with Gasteiger partial charge in [0.2, 0.25) is 5.78 Å². The maximum atomic E-state index is 12.8. The molecule has 2 aliphatic heterocycles. The van der Waals surface area contributed by atoms with E-state index in [1.807, 2.05) is 72.8 Å². The molecule has 4 nitrogen and oxygen atoms in total. The first-order chi connectivity index (χ1) is 15.2. The van der Waals surface area contributed by atoms with Crippen LogP contribution in [-0.2, 0) is 13.1 Å². The minimum atomic E-state index is -0.112. The smallest absolute Gasteiger partial charge is 0.231 e. The highest BCUT2D eigenvalue weighted by Crippen LogP contribution is 2.42. The van der Waals surface area contributed by atoms with Crippen molar-refractivity contribution in [2.45, 2.75) is 13.1 Å². The Balaban J connectivity index is 1.37. The number of benzene rings is 3. The molecule has 3 aromatic rings. The number of carbonyl (C=O) groups excluding carboxylic acids is 1. The largest absolute Gasteiger partial charge is 0.478 e. The summed E-state index contributed by atoms with van der Waals surface area (Å²) in [5.74, 6) is 1.55. The molecule has 2 heterocycles. The number of ketones is 1. The van der Waals surface area contributed by atoms with E-state index in [0.29, 0.717) is 36.9 Å². The monoisotopic (exact) mass is 429 g/mol. The summed E-state index contributed by atoms with van der Waals surface area (Å²) in [6, 6.07) is 21.3. The van der Waals surface area contributed by atoms with Gasteiger partial charge in [0.05, 0.1) is 11.1 Å². The summed E-state index contributed by atoms with van der Waals surface area (Å²) in [6.45, 7) is 1.72. The molecule has 0 unspecified atom stereocenters. The quantitative estimate of drug-likeness (QED) is 0.486. The van der Waals surface area contributed by atoms with Crippen molar-refractivity contribution < 1.29 is 14.3 Å². The molecule has 0 radical (unpaired) electrons. The zero-order chi connectivity index (χ0) is 21.2. The van der Waals surface area contributed by atoms with Crippen LogP contribution in [0.3, 0.4) is 0 Å². The van der Waals surface area contributed by atoms with Crippen molar-refractivity contribution in [3.8, 4) is 11.5 Å². The molecule has 154 valence electrons. The summed E-state index contributed by atoms with van der Waals surface area (Å²) in [4.78, 5) is 15.0. The van der Waals surface area contributed by atoms with Gasteiger partial charge in [-0.05, 0) is 35.4 Å². The third-order valence-corrected chi connectivity index (χ3v) is 5.74. The molecule has 0 fully saturated rings. The van der Waals surface area contributed by atoms with Crippen molar-refractivity contribution in [2.75, 3.05) is 6.73 Å². The molecular weight excluding hydrogens is 410 g/mol. The molecule has 0 spiro atoms. The Bertz CT molecular complexity index is 1200. The lowest BCUT2D eigenvalue weighted by molar-refractivity contribution is 0.0873. The molecule has 5 heteroatoms. The van der Waals surface area contributed by atoms with Crippen LogP contribution in [0.5, 0.6) is 11.5 Å². The summed E-state index contributed by atoms with van der Waals surface area (Å²) in [6.07, 6.45) is 5.49. The predicted molar refractivity (Wildman–Crippen MR) is 121 cm³/mol. The zero-order valence-corrected chi connectivity index (χ0v) is 17.5. The lowest BCUT2D eigenvalue weighted by Crippen LogP contribution is -2.31. The van der Waals surface area contributed by atoms with Gasteiger partial charge in [0.15, 0.2) is 5.76 Å². The van der Waals surface area contributed by atoms with E-state index in [0.717, 1.165) is 27.5 Å². The molecule has 0 bridgehead atoms. The van der Waals surface area contributed by atoms with Crippen molar-refractivity contribution in [2.24, 2.45) is 0 Å². The van der Waals surface area contributed by atoms with E-state index in [1.165, 1.54) is 0 Å². The average molecular weight is 430 g/mol. The van der Waals surface area contributed by atoms with Crippen LogP contribution in [0.4, 0.5) is 0 Å². The van der Waals surface area contributed by atoms with Crippen molar-refractivity contribution in [3.05, 3.63) is 112 Å². The number of ether oxygens (including phenoxy) is 2. The first kappa shape index (κ1) is 19.6. The summed E-state index contributed by atoms with van der Waals surface area (Å²) in [5.41, 5.74) is 3.55. The van der Waals surface area contributed by atoms with Gasteiger partial charge in [-0.25, -0.2) is 0 Å². The van der Waals surface area contributed by atoms with Crippen LogP contribution in [0.15, 0.2) is 84.6 Å². The van der Waals surface area contributed by atoms with E-state index in [2.05, 4.69) is 4.90 Å². The fourth-order valence-electron chi connectivity index (χ4n) is 3.80. The van der Waals surface area contributed by atoms with Gasteiger partial charge in [-0.3, -0.25) is 9.69 Å². The molecule has 0 saturated heterocycles. The fourth-order valence-corrected chi connectivity index (χ4v) is 3.99. The van der Waals surface area contributed by atoms with E-state index < -0.39 is 0 Å². The van der Waals surface area contributed by atoms with Crippen LogP contribution in [-0.4, -0.2) is 17.4 Å². The molecule has 0 amide bonds. The number of hydrogen-bond acceptors (Lipinski definition) is 4. The number of allylic oxidation sites excluding steroid dienone is 3.